The fraction of sp³-hybridized carbons (Fsp3) is 0.0714. The molecule has 0 unspecified atom stereocenters. The second kappa shape index (κ2) is 6.34. The molecule has 0 aliphatic heterocycles. The Balaban J connectivity index is 1.98. The summed E-state index contributed by atoms with van der Waals surface area (Å²) in [6, 6.07) is 10.2. The van der Waals surface area contributed by atoms with E-state index < -0.39 is 23.2 Å². The molecule has 0 atom stereocenters. The molecule has 6 heteroatoms. The smallest absolute Gasteiger partial charge is 0.243 e. The molecule has 0 saturated carbocycles. The molecular formula is C14H11ClF2N2O. The van der Waals surface area contributed by atoms with Crippen LogP contribution in [-0.2, 0) is 4.79 Å². The largest absolute Gasteiger partial charge is 0.375 e. The van der Waals surface area contributed by atoms with Crippen molar-refractivity contribution in [2.75, 3.05) is 17.2 Å². The van der Waals surface area contributed by atoms with Crippen LogP contribution in [0.15, 0.2) is 42.5 Å². The number of amides is 1. The first kappa shape index (κ1) is 14.3. The molecule has 1 amide bonds. The van der Waals surface area contributed by atoms with Crippen LogP contribution in [0, 0.1) is 11.6 Å². The third-order valence-electron chi connectivity index (χ3n) is 2.54. The molecule has 0 aliphatic carbocycles. The lowest BCUT2D eigenvalue weighted by molar-refractivity contribution is -0.114. The zero-order valence-corrected chi connectivity index (χ0v) is 11.0. The van der Waals surface area contributed by atoms with Crippen molar-refractivity contribution in [2.24, 2.45) is 0 Å². The lowest BCUT2D eigenvalue weighted by Crippen LogP contribution is -2.23. The van der Waals surface area contributed by atoms with Gasteiger partial charge in [0, 0.05) is 0 Å². The van der Waals surface area contributed by atoms with Crippen LogP contribution in [0.4, 0.5) is 20.2 Å². The lowest BCUT2D eigenvalue weighted by atomic mass is 10.3. The molecule has 0 spiro atoms. The van der Waals surface area contributed by atoms with Gasteiger partial charge in [-0.05, 0) is 24.3 Å². The van der Waals surface area contributed by atoms with Crippen LogP contribution >= 0.6 is 11.6 Å². The minimum absolute atomic E-state index is 0.155. The molecule has 0 aliphatic rings. The molecule has 0 heterocycles. The minimum atomic E-state index is -0.823. The highest BCUT2D eigenvalue weighted by Gasteiger charge is 2.11. The van der Waals surface area contributed by atoms with E-state index in [0.717, 1.165) is 12.1 Å². The first-order chi connectivity index (χ1) is 9.58. The van der Waals surface area contributed by atoms with Gasteiger partial charge in [0.1, 0.15) is 17.3 Å². The van der Waals surface area contributed by atoms with E-state index in [9.17, 15) is 13.6 Å². The second-order valence-electron chi connectivity index (χ2n) is 3.98. The van der Waals surface area contributed by atoms with Gasteiger partial charge in [-0.3, -0.25) is 4.79 Å². The Morgan fingerprint density at radius 3 is 2.35 bits per heavy atom. The van der Waals surface area contributed by atoms with E-state index in [0.29, 0.717) is 10.7 Å². The Labute approximate surface area is 119 Å². The second-order valence-corrected chi connectivity index (χ2v) is 4.39. The molecular weight excluding hydrogens is 286 g/mol. The number of nitrogens with one attached hydrogen (secondary N) is 2. The Hall–Kier alpha value is -2.14. The van der Waals surface area contributed by atoms with Crippen molar-refractivity contribution in [1.82, 2.24) is 0 Å². The Morgan fingerprint density at radius 2 is 1.70 bits per heavy atom. The molecule has 3 nitrogen and oxygen atoms in total. The molecule has 2 rings (SSSR count). The number of benzene rings is 2. The number of hydrogen-bond donors (Lipinski definition) is 2. The number of hydrogen-bond acceptors (Lipinski definition) is 2. The highest BCUT2D eigenvalue weighted by Crippen LogP contribution is 2.20. The third-order valence-corrected chi connectivity index (χ3v) is 2.87. The topological polar surface area (TPSA) is 41.1 Å². The highest BCUT2D eigenvalue weighted by atomic mass is 35.5. The van der Waals surface area contributed by atoms with Crippen molar-refractivity contribution in [3.63, 3.8) is 0 Å². The standard InChI is InChI=1S/C14H11ClF2N2O/c15-9-4-1-2-7-12(9)18-8-13(20)19-14-10(16)5-3-6-11(14)17/h1-7,18H,8H2,(H,19,20). The molecule has 2 N–H and O–H groups in total. The van der Waals surface area contributed by atoms with Gasteiger partial charge < -0.3 is 10.6 Å². The maximum atomic E-state index is 13.3. The van der Waals surface area contributed by atoms with Gasteiger partial charge in [-0.25, -0.2) is 8.78 Å². The van der Waals surface area contributed by atoms with E-state index in [2.05, 4.69) is 10.6 Å². The van der Waals surface area contributed by atoms with E-state index in [4.69, 9.17) is 11.6 Å². The number of carbonyl (C=O) groups is 1. The van der Waals surface area contributed by atoms with Crippen LogP contribution in [0.3, 0.4) is 0 Å². The maximum Gasteiger partial charge on any atom is 0.243 e. The number of halogens is 3. The summed E-state index contributed by atoms with van der Waals surface area (Å²) in [5.41, 5.74) is 0.108. The predicted octanol–water partition coefficient (Wildman–Crippen LogP) is 3.67. The number of rotatable bonds is 4. The van der Waals surface area contributed by atoms with Gasteiger partial charge in [-0.15, -0.1) is 0 Å². The summed E-state index contributed by atoms with van der Waals surface area (Å²) in [5.74, 6) is -2.22. The molecule has 2 aromatic rings. The molecule has 0 radical (unpaired) electrons. The molecule has 0 saturated heterocycles. The highest BCUT2D eigenvalue weighted by molar-refractivity contribution is 6.33. The number of carbonyl (C=O) groups excluding carboxylic acids is 1. The fourth-order valence-corrected chi connectivity index (χ4v) is 1.78. The molecule has 0 aromatic heterocycles. The monoisotopic (exact) mass is 296 g/mol. The van der Waals surface area contributed by atoms with E-state index in [1.165, 1.54) is 6.07 Å². The molecule has 104 valence electrons. The van der Waals surface area contributed by atoms with Gasteiger partial charge in [0.2, 0.25) is 5.91 Å². The van der Waals surface area contributed by atoms with Crippen molar-refractivity contribution in [3.8, 4) is 0 Å². The predicted molar refractivity (Wildman–Crippen MR) is 74.9 cm³/mol. The van der Waals surface area contributed by atoms with Gasteiger partial charge in [-0.1, -0.05) is 29.8 Å². The van der Waals surface area contributed by atoms with E-state index in [1.54, 1.807) is 24.3 Å². The molecule has 0 fully saturated rings. The zero-order valence-electron chi connectivity index (χ0n) is 10.3. The van der Waals surface area contributed by atoms with Crippen LogP contribution in [-0.4, -0.2) is 12.5 Å². The summed E-state index contributed by atoms with van der Waals surface area (Å²) >= 11 is 5.90. The Bertz CT molecular complexity index is 614. The van der Waals surface area contributed by atoms with Crippen molar-refractivity contribution in [3.05, 3.63) is 59.1 Å². The average molecular weight is 297 g/mol. The van der Waals surface area contributed by atoms with E-state index in [-0.39, 0.29) is 6.54 Å². The van der Waals surface area contributed by atoms with Gasteiger partial charge in [-0.2, -0.15) is 0 Å². The third kappa shape index (κ3) is 3.45. The molecule has 0 bridgehead atoms. The first-order valence-corrected chi connectivity index (χ1v) is 6.18. The van der Waals surface area contributed by atoms with Crippen LogP contribution in [0.5, 0.6) is 0 Å². The zero-order chi connectivity index (χ0) is 14.5. The van der Waals surface area contributed by atoms with Crippen LogP contribution in [0.1, 0.15) is 0 Å². The minimum Gasteiger partial charge on any atom is -0.375 e. The number of anilines is 2. The average Bonchev–Trinajstić information content (AvgIpc) is 2.42. The van der Waals surface area contributed by atoms with Gasteiger partial charge in [0.15, 0.2) is 0 Å². The Kier molecular flexibility index (Phi) is 4.53. The van der Waals surface area contributed by atoms with E-state index in [1.807, 2.05) is 0 Å². The maximum absolute atomic E-state index is 13.3. The Morgan fingerprint density at radius 1 is 1.05 bits per heavy atom. The van der Waals surface area contributed by atoms with Crippen LogP contribution < -0.4 is 10.6 Å². The molecule has 20 heavy (non-hydrogen) atoms. The van der Waals surface area contributed by atoms with Crippen LogP contribution in [0.25, 0.3) is 0 Å². The van der Waals surface area contributed by atoms with E-state index >= 15 is 0 Å². The quantitative estimate of drug-likeness (QED) is 0.904. The van der Waals surface area contributed by atoms with Crippen molar-refractivity contribution >= 4 is 28.9 Å². The van der Waals surface area contributed by atoms with Crippen molar-refractivity contribution < 1.29 is 13.6 Å². The van der Waals surface area contributed by atoms with Crippen molar-refractivity contribution in [2.45, 2.75) is 0 Å². The first-order valence-electron chi connectivity index (χ1n) is 5.80. The summed E-state index contributed by atoms with van der Waals surface area (Å²) in [6.07, 6.45) is 0. The van der Waals surface area contributed by atoms with Gasteiger partial charge in [0.25, 0.3) is 0 Å². The van der Waals surface area contributed by atoms with Gasteiger partial charge in [0.05, 0.1) is 17.3 Å². The SMILES string of the molecule is O=C(CNc1ccccc1Cl)Nc1c(F)cccc1F. The molecule has 2 aromatic carbocycles. The van der Waals surface area contributed by atoms with Crippen molar-refractivity contribution in [1.29, 1.82) is 0 Å². The summed E-state index contributed by atoms with van der Waals surface area (Å²) < 4.78 is 26.7. The van der Waals surface area contributed by atoms with Crippen LogP contribution in [0.2, 0.25) is 5.02 Å². The summed E-state index contributed by atoms with van der Waals surface area (Å²) in [5, 5.41) is 5.41. The van der Waals surface area contributed by atoms with Gasteiger partial charge >= 0.3 is 0 Å². The summed E-state index contributed by atoms with van der Waals surface area (Å²) in [4.78, 5) is 11.7. The lowest BCUT2D eigenvalue weighted by Gasteiger charge is -2.10. The summed E-state index contributed by atoms with van der Waals surface area (Å²) in [6.45, 7) is -0.155. The number of para-hydroxylation sites is 2. The summed E-state index contributed by atoms with van der Waals surface area (Å²) in [7, 11) is 0. The normalized spacial score (nSPS) is 10.2. The fourth-order valence-electron chi connectivity index (χ4n) is 1.58.